The van der Waals surface area contributed by atoms with Crippen molar-refractivity contribution < 1.29 is 24.3 Å². The van der Waals surface area contributed by atoms with Crippen molar-refractivity contribution in [1.82, 2.24) is 10.2 Å². The number of unbranched alkanes of at least 4 members (excludes halogenated alkanes) is 1. The van der Waals surface area contributed by atoms with Gasteiger partial charge in [-0.1, -0.05) is 43.7 Å². The molecule has 0 saturated heterocycles. The fraction of sp³-hybridized carbons (Fsp3) is 0.273. The highest BCUT2D eigenvalue weighted by Gasteiger charge is 2.35. The summed E-state index contributed by atoms with van der Waals surface area (Å²) in [5.74, 6) is -2.55. The number of hydrogen-bond donors (Lipinski definition) is 2. The summed E-state index contributed by atoms with van der Waals surface area (Å²) in [5.41, 5.74) is 1.36. The Kier molecular flexibility index (Phi) is 6.07. The van der Waals surface area contributed by atoms with E-state index in [1.54, 1.807) is 24.3 Å². The zero-order valence-electron chi connectivity index (χ0n) is 16.1. The third-order valence-corrected chi connectivity index (χ3v) is 4.85. The average Bonchev–Trinajstić information content (AvgIpc) is 2.96. The molecule has 3 amide bonds. The molecule has 1 atom stereocenters. The van der Waals surface area contributed by atoms with E-state index in [4.69, 9.17) is 0 Å². The maximum Gasteiger partial charge on any atom is 0.326 e. The number of carboxylic acids is 1. The first-order valence-corrected chi connectivity index (χ1v) is 9.50. The molecule has 0 aromatic heterocycles. The molecule has 0 aliphatic carbocycles. The van der Waals surface area contributed by atoms with E-state index in [0.717, 1.165) is 12.0 Å². The van der Waals surface area contributed by atoms with Crippen LogP contribution in [0.5, 0.6) is 0 Å². The van der Waals surface area contributed by atoms with Gasteiger partial charge in [0.2, 0.25) is 0 Å². The van der Waals surface area contributed by atoms with Gasteiger partial charge in [-0.15, -0.1) is 0 Å². The van der Waals surface area contributed by atoms with Crippen molar-refractivity contribution in [3.05, 3.63) is 70.8 Å². The van der Waals surface area contributed by atoms with Crippen molar-refractivity contribution in [3.8, 4) is 0 Å². The summed E-state index contributed by atoms with van der Waals surface area (Å²) in [6.07, 6.45) is 1.69. The first kappa shape index (κ1) is 20.3. The van der Waals surface area contributed by atoms with Crippen molar-refractivity contribution >= 4 is 23.7 Å². The van der Waals surface area contributed by atoms with Crippen molar-refractivity contribution in [1.29, 1.82) is 0 Å². The molecule has 0 bridgehead atoms. The van der Waals surface area contributed by atoms with E-state index >= 15 is 0 Å². The van der Waals surface area contributed by atoms with Crippen LogP contribution in [0.2, 0.25) is 0 Å². The van der Waals surface area contributed by atoms with Crippen LogP contribution in [0.1, 0.15) is 56.4 Å². The number of carboxylic acid groups (broad SMARTS) is 1. The maximum atomic E-state index is 12.6. The summed E-state index contributed by atoms with van der Waals surface area (Å²) in [4.78, 5) is 50.3. The van der Waals surface area contributed by atoms with E-state index in [-0.39, 0.29) is 29.0 Å². The van der Waals surface area contributed by atoms with Crippen LogP contribution in [0, 0.1) is 0 Å². The van der Waals surface area contributed by atoms with Crippen molar-refractivity contribution in [2.24, 2.45) is 0 Å². The molecule has 1 aliphatic heterocycles. The molecule has 2 aromatic rings. The molecule has 3 rings (SSSR count). The smallest absolute Gasteiger partial charge is 0.326 e. The zero-order valence-corrected chi connectivity index (χ0v) is 16.1. The largest absolute Gasteiger partial charge is 0.480 e. The molecule has 0 saturated carbocycles. The second-order valence-corrected chi connectivity index (χ2v) is 6.93. The van der Waals surface area contributed by atoms with Crippen LogP contribution in [0.25, 0.3) is 0 Å². The van der Waals surface area contributed by atoms with Crippen LogP contribution >= 0.6 is 0 Å². The van der Waals surface area contributed by atoms with Crippen LogP contribution in [-0.4, -0.2) is 46.3 Å². The van der Waals surface area contributed by atoms with Crippen LogP contribution in [-0.2, 0) is 11.2 Å². The fourth-order valence-corrected chi connectivity index (χ4v) is 3.24. The maximum absolute atomic E-state index is 12.6. The predicted octanol–water partition coefficient (Wildman–Crippen LogP) is 2.51. The number of rotatable bonds is 8. The number of carbonyl (C=O) groups excluding carboxylic acids is 3. The number of fused-ring (bicyclic) bond motifs is 1. The summed E-state index contributed by atoms with van der Waals surface area (Å²) >= 11 is 0. The van der Waals surface area contributed by atoms with Crippen LogP contribution < -0.4 is 5.32 Å². The topological polar surface area (TPSA) is 104 Å². The van der Waals surface area contributed by atoms with E-state index in [1.807, 2.05) is 13.0 Å². The van der Waals surface area contributed by atoms with Crippen LogP contribution in [0.4, 0.5) is 0 Å². The molecule has 0 unspecified atom stereocenters. The molecule has 1 heterocycles. The van der Waals surface area contributed by atoms with E-state index < -0.39 is 23.8 Å². The lowest BCUT2D eigenvalue weighted by Gasteiger charge is -2.15. The van der Waals surface area contributed by atoms with Gasteiger partial charge in [-0.3, -0.25) is 19.3 Å². The molecule has 0 fully saturated rings. The highest BCUT2D eigenvalue weighted by molar-refractivity contribution is 6.22. The summed E-state index contributed by atoms with van der Waals surface area (Å²) in [7, 11) is 0. The van der Waals surface area contributed by atoms with E-state index in [0.29, 0.717) is 13.0 Å². The molecule has 1 aliphatic rings. The van der Waals surface area contributed by atoms with Gasteiger partial charge in [0.15, 0.2) is 0 Å². The molecule has 2 N–H and O–H groups in total. The van der Waals surface area contributed by atoms with Crippen LogP contribution in [0.3, 0.4) is 0 Å². The van der Waals surface area contributed by atoms with Crippen molar-refractivity contribution in [2.75, 3.05) is 6.54 Å². The third-order valence-electron chi connectivity index (χ3n) is 4.85. The first-order chi connectivity index (χ1) is 13.9. The predicted molar refractivity (Wildman–Crippen MR) is 106 cm³/mol. The summed E-state index contributed by atoms with van der Waals surface area (Å²) in [6.45, 7) is 2.30. The second-order valence-electron chi connectivity index (χ2n) is 6.93. The van der Waals surface area contributed by atoms with Gasteiger partial charge >= 0.3 is 5.97 Å². The number of hydrogen-bond acceptors (Lipinski definition) is 4. The number of nitrogens with one attached hydrogen (secondary N) is 1. The Morgan fingerprint density at radius 2 is 1.72 bits per heavy atom. The number of benzene rings is 2. The molecule has 2 aromatic carbocycles. The van der Waals surface area contributed by atoms with Crippen LogP contribution in [0.15, 0.2) is 48.5 Å². The van der Waals surface area contributed by atoms with Gasteiger partial charge in [-0.05, 0) is 30.2 Å². The minimum absolute atomic E-state index is 0.134. The van der Waals surface area contributed by atoms with Gasteiger partial charge in [0, 0.05) is 18.5 Å². The molecule has 29 heavy (non-hydrogen) atoms. The van der Waals surface area contributed by atoms with Crippen molar-refractivity contribution in [2.45, 2.75) is 32.2 Å². The normalized spacial score (nSPS) is 13.9. The fourth-order valence-electron chi connectivity index (χ4n) is 3.24. The summed E-state index contributed by atoms with van der Waals surface area (Å²) in [6, 6.07) is 12.1. The average molecular weight is 394 g/mol. The molecular formula is C22H22N2O5. The summed E-state index contributed by atoms with van der Waals surface area (Å²) in [5, 5.41) is 12.0. The summed E-state index contributed by atoms with van der Waals surface area (Å²) < 4.78 is 0. The minimum Gasteiger partial charge on any atom is -0.480 e. The van der Waals surface area contributed by atoms with E-state index in [9.17, 15) is 24.3 Å². The lowest BCUT2D eigenvalue weighted by atomic mass is 10.0. The van der Waals surface area contributed by atoms with Gasteiger partial charge in [-0.2, -0.15) is 0 Å². The zero-order chi connectivity index (χ0) is 21.0. The minimum atomic E-state index is -1.15. The number of aliphatic carboxylic acids is 1. The monoisotopic (exact) mass is 394 g/mol. The highest BCUT2D eigenvalue weighted by atomic mass is 16.4. The van der Waals surface area contributed by atoms with E-state index in [1.165, 1.54) is 23.1 Å². The number of nitrogens with zero attached hydrogens (tertiary/aromatic N) is 1. The Balaban J connectivity index is 1.77. The highest BCUT2D eigenvalue weighted by Crippen LogP contribution is 2.24. The quantitative estimate of drug-likeness (QED) is 0.670. The van der Waals surface area contributed by atoms with Gasteiger partial charge in [0.1, 0.15) is 6.04 Å². The molecule has 0 radical (unpaired) electrons. The van der Waals surface area contributed by atoms with Crippen molar-refractivity contribution in [3.63, 3.8) is 0 Å². The molecule has 7 heteroatoms. The van der Waals surface area contributed by atoms with Gasteiger partial charge in [0.25, 0.3) is 17.7 Å². The number of amides is 3. The molecule has 150 valence electrons. The second kappa shape index (κ2) is 8.68. The standard InChI is InChI=1S/C22H22N2O5/c1-2-3-11-24-20(26)16-10-9-15(13-17(16)21(24)27)19(25)23-18(22(28)29)12-14-7-5-4-6-8-14/h4-10,13,18H,2-3,11-12H2,1H3,(H,23,25)(H,28,29)/t18-/m1/s1. The Bertz CT molecular complexity index is 955. The van der Waals surface area contributed by atoms with Gasteiger partial charge in [-0.25, -0.2) is 4.79 Å². The molecular weight excluding hydrogens is 372 g/mol. The SMILES string of the molecule is CCCCN1C(=O)c2ccc(C(=O)N[C@H](Cc3ccccc3)C(=O)O)cc2C1=O. The lowest BCUT2D eigenvalue weighted by molar-refractivity contribution is -0.139. The van der Waals surface area contributed by atoms with Gasteiger partial charge in [0.05, 0.1) is 11.1 Å². The Hall–Kier alpha value is -3.48. The number of imide groups is 1. The molecule has 0 spiro atoms. The number of carbonyl (C=O) groups is 4. The Morgan fingerprint density at radius 1 is 1.03 bits per heavy atom. The Morgan fingerprint density at radius 3 is 2.38 bits per heavy atom. The third kappa shape index (κ3) is 4.34. The van der Waals surface area contributed by atoms with Gasteiger partial charge < -0.3 is 10.4 Å². The lowest BCUT2D eigenvalue weighted by Crippen LogP contribution is -2.42. The van der Waals surface area contributed by atoms with E-state index in [2.05, 4.69) is 5.32 Å². The Labute approximate surface area is 168 Å². The molecule has 7 nitrogen and oxygen atoms in total. The first-order valence-electron chi connectivity index (χ1n) is 9.50.